The summed E-state index contributed by atoms with van der Waals surface area (Å²) < 4.78 is 11.1. The van der Waals surface area contributed by atoms with Gasteiger partial charge in [0, 0.05) is 6.42 Å². The molecule has 0 aromatic heterocycles. The topological polar surface area (TPSA) is 149 Å². The molecule has 9 heteroatoms. The zero-order chi connectivity index (χ0) is 48.7. The molecule has 6 N–H and O–H groups in total. The molecule has 67 heavy (non-hydrogen) atoms. The van der Waals surface area contributed by atoms with Crippen molar-refractivity contribution in [3.05, 3.63) is 85.1 Å². The van der Waals surface area contributed by atoms with E-state index in [9.17, 15) is 30.3 Å². The molecule has 1 saturated heterocycles. The second kappa shape index (κ2) is 47.1. The lowest BCUT2D eigenvalue weighted by Crippen LogP contribution is -2.60. The molecule has 0 aromatic carbocycles. The van der Waals surface area contributed by atoms with Crippen LogP contribution in [0.3, 0.4) is 0 Å². The van der Waals surface area contributed by atoms with Crippen molar-refractivity contribution in [3.8, 4) is 0 Å². The fourth-order valence-electron chi connectivity index (χ4n) is 8.17. The molecule has 0 spiro atoms. The third-order valence-corrected chi connectivity index (χ3v) is 12.5. The average Bonchev–Trinajstić information content (AvgIpc) is 3.33. The van der Waals surface area contributed by atoms with Crippen LogP contribution in [0.4, 0.5) is 0 Å². The minimum absolute atomic E-state index is 0.189. The Balaban J connectivity index is 1.91. The summed E-state index contributed by atoms with van der Waals surface area (Å²) in [5.41, 5.74) is 0. The number of carbonyl (C=O) groups is 1. The standard InChI is InChI=1S/C58H101NO8/c1-3-5-7-8-9-10-11-12-13-14-15-16-17-18-19-20-21-22-23-24-25-26-27-28-29-30-31-32-33-34-35-36-37-38-39-40-41-42-43-44-46-48-54(62)59-51(52(61)47-45-6-4-2)50-66-58-57(65)56(64)55(63)53(49-60)67-58/h5,7,9-10,12-13,15-16,18-19,21-22,45,47,51-53,55-58,60-61,63-65H,3-4,6,8,11,14,17,20,23-44,46,48-50H2,1-2H3,(H,59,62)/b7-5-,10-9-,13-12-,16-15-,19-18-,22-21-,47-45+. The van der Waals surface area contributed by atoms with Crippen LogP contribution in [0.5, 0.6) is 0 Å². The van der Waals surface area contributed by atoms with Crippen LogP contribution >= 0.6 is 0 Å². The Labute approximate surface area is 410 Å². The van der Waals surface area contributed by atoms with Gasteiger partial charge < -0.3 is 40.3 Å². The quantitative estimate of drug-likeness (QED) is 0.0261. The molecular formula is C58H101NO8. The maximum atomic E-state index is 12.8. The van der Waals surface area contributed by atoms with Crippen molar-refractivity contribution in [1.29, 1.82) is 0 Å². The van der Waals surface area contributed by atoms with E-state index in [2.05, 4.69) is 85.2 Å². The summed E-state index contributed by atoms with van der Waals surface area (Å²) in [6.45, 7) is 3.44. The van der Waals surface area contributed by atoms with Gasteiger partial charge in [0.2, 0.25) is 5.91 Å². The molecule has 1 rings (SSSR count). The van der Waals surface area contributed by atoms with Gasteiger partial charge in [-0.15, -0.1) is 0 Å². The van der Waals surface area contributed by atoms with Crippen molar-refractivity contribution in [2.45, 2.75) is 262 Å². The Morgan fingerprint density at radius 1 is 0.522 bits per heavy atom. The van der Waals surface area contributed by atoms with Crippen LogP contribution in [0.2, 0.25) is 0 Å². The van der Waals surface area contributed by atoms with E-state index >= 15 is 0 Å². The highest BCUT2D eigenvalue weighted by Gasteiger charge is 2.44. The third kappa shape index (κ3) is 36.9. The maximum absolute atomic E-state index is 12.8. The Morgan fingerprint density at radius 3 is 1.34 bits per heavy atom. The Bertz CT molecular complexity index is 1320. The molecule has 0 aromatic rings. The highest BCUT2D eigenvalue weighted by Crippen LogP contribution is 2.23. The maximum Gasteiger partial charge on any atom is 0.220 e. The summed E-state index contributed by atoms with van der Waals surface area (Å²) in [6, 6.07) is -0.801. The van der Waals surface area contributed by atoms with E-state index in [0.29, 0.717) is 6.42 Å². The number of allylic oxidation sites excluding steroid dienone is 13. The molecule has 1 heterocycles. The van der Waals surface area contributed by atoms with E-state index in [-0.39, 0.29) is 12.5 Å². The van der Waals surface area contributed by atoms with E-state index in [1.54, 1.807) is 6.08 Å². The fraction of sp³-hybridized carbons (Fsp3) is 0.741. The van der Waals surface area contributed by atoms with Gasteiger partial charge in [-0.3, -0.25) is 4.79 Å². The van der Waals surface area contributed by atoms with Crippen molar-refractivity contribution >= 4 is 5.91 Å². The second-order valence-electron chi connectivity index (χ2n) is 18.6. The first kappa shape index (κ1) is 62.4. The van der Waals surface area contributed by atoms with E-state index in [1.165, 1.54) is 128 Å². The lowest BCUT2D eigenvalue weighted by molar-refractivity contribution is -0.302. The molecule has 1 fully saturated rings. The third-order valence-electron chi connectivity index (χ3n) is 12.5. The van der Waals surface area contributed by atoms with E-state index in [0.717, 1.165) is 70.6 Å². The molecule has 9 nitrogen and oxygen atoms in total. The summed E-state index contributed by atoms with van der Waals surface area (Å²) in [7, 11) is 0. The summed E-state index contributed by atoms with van der Waals surface area (Å²) in [4.78, 5) is 12.8. The summed E-state index contributed by atoms with van der Waals surface area (Å²) in [5, 5.41) is 53.5. The first-order valence-electron chi connectivity index (χ1n) is 27.3. The first-order valence-corrected chi connectivity index (χ1v) is 27.3. The zero-order valence-electron chi connectivity index (χ0n) is 42.6. The molecule has 7 atom stereocenters. The van der Waals surface area contributed by atoms with Gasteiger partial charge in [0.05, 0.1) is 25.4 Å². The first-order chi connectivity index (χ1) is 32.8. The van der Waals surface area contributed by atoms with Gasteiger partial charge in [0.15, 0.2) is 6.29 Å². The number of hydrogen-bond acceptors (Lipinski definition) is 8. The van der Waals surface area contributed by atoms with Gasteiger partial charge in [0.25, 0.3) is 0 Å². The largest absolute Gasteiger partial charge is 0.394 e. The monoisotopic (exact) mass is 940 g/mol. The predicted molar refractivity (Wildman–Crippen MR) is 281 cm³/mol. The van der Waals surface area contributed by atoms with Crippen molar-refractivity contribution < 1.29 is 39.8 Å². The summed E-state index contributed by atoms with van der Waals surface area (Å²) in [6.07, 6.45) is 60.7. The average molecular weight is 940 g/mol. The number of nitrogens with one attached hydrogen (secondary N) is 1. The molecule has 0 radical (unpaired) electrons. The van der Waals surface area contributed by atoms with Crippen molar-refractivity contribution in [2.24, 2.45) is 0 Å². The van der Waals surface area contributed by atoms with Gasteiger partial charge in [-0.05, 0) is 64.2 Å². The van der Waals surface area contributed by atoms with Crippen LogP contribution in [-0.4, -0.2) is 87.5 Å². The second-order valence-corrected chi connectivity index (χ2v) is 18.6. The van der Waals surface area contributed by atoms with Gasteiger partial charge in [0.1, 0.15) is 24.4 Å². The van der Waals surface area contributed by atoms with Crippen LogP contribution in [-0.2, 0) is 14.3 Å². The van der Waals surface area contributed by atoms with Crippen LogP contribution in [0.15, 0.2) is 85.1 Å². The molecule has 0 aliphatic carbocycles. The van der Waals surface area contributed by atoms with Gasteiger partial charge in [-0.1, -0.05) is 234 Å². The zero-order valence-corrected chi connectivity index (χ0v) is 42.6. The fourth-order valence-corrected chi connectivity index (χ4v) is 8.17. The molecule has 0 saturated carbocycles. The van der Waals surface area contributed by atoms with Crippen molar-refractivity contribution in [3.63, 3.8) is 0 Å². The molecule has 1 amide bonds. The minimum atomic E-state index is -1.56. The van der Waals surface area contributed by atoms with E-state index < -0.39 is 49.5 Å². The van der Waals surface area contributed by atoms with E-state index in [1.807, 2.05) is 13.0 Å². The molecule has 386 valence electrons. The smallest absolute Gasteiger partial charge is 0.220 e. The highest BCUT2D eigenvalue weighted by molar-refractivity contribution is 5.76. The Kier molecular flexibility index (Phi) is 43.8. The lowest BCUT2D eigenvalue weighted by Gasteiger charge is -2.40. The number of aliphatic hydroxyl groups excluding tert-OH is 5. The number of amides is 1. The number of carbonyl (C=O) groups excluding carboxylic acids is 1. The number of unbranched alkanes of at least 4 members (excludes halogenated alkanes) is 23. The van der Waals surface area contributed by atoms with Crippen LogP contribution in [0.25, 0.3) is 0 Å². The molecular weight excluding hydrogens is 839 g/mol. The molecule has 0 bridgehead atoms. The van der Waals surface area contributed by atoms with Gasteiger partial charge >= 0.3 is 0 Å². The number of hydrogen-bond donors (Lipinski definition) is 6. The number of aliphatic hydroxyl groups is 5. The summed E-state index contributed by atoms with van der Waals surface area (Å²) >= 11 is 0. The molecule has 7 unspecified atom stereocenters. The van der Waals surface area contributed by atoms with Gasteiger partial charge in [-0.2, -0.15) is 0 Å². The predicted octanol–water partition coefficient (Wildman–Crippen LogP) is 13.1. The van der Waals surface area contributed by atoms with Crippen LogP contribution < -0.4 is 5.32 Å². The Morgan fingerprint density at radius 2 is 0.925 bits per heavy atom. The normalized spacial score (nSPS) is 20.4. The van der Waals surface area contributed by atoms with Gasteiger partial charge in [-0.25, -0.2) is 0 Å². The van der Waals surface area contributed by atoms with Crippen LogP contribution in [0, 0.1) is 0 Å². The number of ether oxygens (including phenoxy) is 2. The molecule has 1 aliphatic heterocycles. The SMILES string of the molecule is CC/C=C\C/C=C\C/C=C\C/C=C\C/C=C\C/C=C\CCCCCCCCCCCCCCCCCCCCCCCCC(=O)NC(COC1OC(CO)C(O)C(O)C1O)C(O)/C=C/CCC. The number of rotatable bonds is 45. The Hall–Kier alpha value is -2.63. The van der Waals surface area contributed by atoms with Crippen molar-refractivity contribution in [1.82, 2.24) is 5.32 Å². The van der Waals surface area contributed by atoms with E-state index in [4.69, 9.17) is 9.47 Å². The van der Waals surface area contributed by atoms with Crippen LogP contribution in [0.1, 0.15) is 219 Å². The lowest BCUT2D eigenvalue weighted by atomic mass is 9.99. The highest BCUT2D eigenvalue weighted by atomic mass is 16.7. The summed E-state index contributed by atoms with van der Waals surface area (Å²) in [5.74, 6) is -0.189. The van der Waals surface area contributed by atoms with Crippen molar-refractivity contribution in [2.75, 3.05) is 13.2 Å². The minimum Gasteiger partial charge on any atom is -0.394 e. The molecule has 1 aliphatic rings.